The Bertz CT molecular complexity index is 662. The Balaban J connectivity index is 3.19. The van der Waals surface area contributed by atoms with Gasteiger partial charge in [-0.05, 0) is 12.1 Å². The summed E-state index contributed by atoms with van der Waals surface area (Å²) in [5.74, 6) is -2.82. The number of methoxy groups -OCH3 is 1. The van der Waals surface area contributed by atoms with E-state index in [-0.39, 0.29) is 11.5 Å². The van der Waals surface area contributed by atoms with Crippen molar-refractivity contribution in [3.05, 3.63) is 35.6 Å². The molecule has 0 aliphatic heterocycles. The van der Waals surface area contributed by atoms with Gasteiger partial charge in [-0.3, -0.25) is 4.79 Å². The topological polar surface area (TPSA) is 92.7 Å². The second-order valence-corrected chi connectivity index (χ2v) is 6.22. The van der Waals surface area contributed by atoms with Crippen molar-refractivity contribution in [1.82, 2.24) is 4.72 Å². The molecule has 116 valence electrons. The summed E-state index contributed by atoms with van der Waals surface area (Å²) in [6, 6.07) is 1.77. The van der Waals surface area contributed by atoms with Crippen LogP contribution in [0.2, 0.25) is 0 Å². The number of nitrogens with one attached hydrogen (secondary N) is 1. The summed E-state index contributed by atoms with van der Waals surface area (Å²) in [5.41, 5.74) is 0. The molecular weight excluding hydrogens is 325 g/mol. The van der Waals surface area contributed by atoms with Crippen LogP contribution in [0.15, 0.2) is 34.7 Å². The second-order valence-electron chi connectivity index (χ2n) is 4.00. The molecule has 1 rings (SSSR count). The van der Waals surface area contributed by atoms with Gasteiger partial charge in [-0.15, -0.1) is 0 Å². The maximum atomic E-state index is 13.5. The van der Waals surface area contributed by atoms with E-state index in [2.05, 4.69) is 6.58 Å². The van der Waals surface area contributed by atoms with Crippen LogP contribution in [0.5, 0.6) is 5.75 Å². The van der Waals surface area contributed by atoms with Crippen molar-refractivity contribution in [2.75, 3.05) is 7.11 Å². The highest BCUT2D eigenvalue weighted by Gasteiger charge is 2.29. The lowest BCUT2D eigenvalue weighted by Gasteiger charge is -2.16. The lowest BCUT2D eigenvalue weighted by atomic mass is 10.2. The van der Waals surface area contributed by atoms with E-state index in [1.165, 1.54) is 6.07 Å². The van der Waals surface area contributed by atoms with Crippen LogP contribution in [0.3, 0.4) is 0 Å². The third-order valence-electron chi connectivity index (χ3n) is 2.45. The number of halogens is 2. The van der Waals surface area contributed by atoms with Gasteiger partial charge in [0.15, 0.2) is 11.6 Å². The molecule has 0 heterocycles. The third-order valence-corrected chi connectivity index (χ3v) is 4.10. The van der Waals surface area contributed by atoms with E-state index in [9.17, 15) is 17.6 Å². The van der Waals surface area contributed by atoms with E-state index >= 15 is 0 Å². The van der Waals surface area contributed by atoms with Crippen LogP contribution >= 0.6 is 11.6 Å². The number of rotatable bonds is 7. The van der Waals surface area contributed by atoms with Gasteiger partial charge >= 0.3 is 5.97 Å². The molecule has 0 radical (unpaired) electrons. The van der Waals surface area contributed by atoms with Gasteiger partial charge < -0.3 is 9.84 Å². The van der Waals surface area contributed by atoms with E-state index in [0.717, 1.165) is 19.2 Å². The van der Waals surface area contributed by atoms with Crippen LogP contribution in [0.25, 0.3) is 0 Å². The molecule has 21 heavy (non-hydrogen) atoms. The number of aliphatic carboxylic acids is 1. The summed E-state index contributed by atoms with van der Waals surface area (Å²) >= 11 is 5.50. The van der Waals surface area contributed by atoms with Crippen molar-refractivity contribution >= 4 is 27.6 Å². The second kappa shape index (κ2) is 6.88. The van der Waals surface area contributed by atoms with Gasteiger partial charge in [0.1, 0.15) is 10.9 Å². The van der Waals surface area contributed by atoms with Crippen LogP contribution in [0, 0.1) is 5.82 Å². The van der Waals surface area contributed by atoms with Gasteiger partial charge in [0.05, 0.1) is 7.11 Å². The molecule has 9 heteroatoms. The Hall–Kier alpha value is -1.64. The molecule has 0 fully saturated rings. The zero-order valence-corrected chi connectivity index (χ0v) is 12.5. The predicted octanol–water partition coefficient (Wildman–Crippen LogP) is 1.71. The average molecular weight is 338 g/mol. The monoisotopic (exact) mass is 337 g/mol. The van der Waals surface area contributed by atoms with E-state index in [0.29, 0.717) is 0 Å². The lowest BCUT2D eigenvalue weighted by Crippen LogP contribution is -2.40. The first-order valence-electron chi connectivity index (χ1n) is 5.60. The summed E-state index contributed by atoms with van der Waals surface area (Å²) in [4.78, 5) is 10.5. The van der Waals surface area contributed by atoms with Crippen molar-refractivity contribution in [1.29, 1.82) is 0 Å². The molecule has 0 aliphatic carbocycles. The molecule has 0 spiro atoms. The van der Waals surface area contributed by atoms with Crippen LogP contribution in [0.1, 0.15) is 6.42 Å². The number of carboxylic acid groups (broad SMARTS) is 1. The van der Waals surface area contributed by atoms with Gasteiger partial charge in [0.25, 0.3) is 0 Å². The van der Waals surface area contributed by atoms with Gasteiger partial charge in [0, 0.05) is 11.5 Å². The number of sulfonamides is 1. The first-order valence-corrected chi connectivity index (χ1v) is 7.46. The molecule has 1 aromatic rings. The number of hydrogen-bond donors (Lipinski definition) is 2. The smallest absolute Gasteiger partial charge is 0.322 e. The zero-order chi connectivity index (χ0) is 16.2. The number of carbonyl (C=O) groups is 1. The van der Waals surface area contributed by atoms with Gasteiger partial charge in [-0.2, -0.15) is 4.72 Å². The fourth-order valence-corrected chi connectivity index (χ4v) is 3.07. The zero-order valence-electron chi connectivity index (χ0n) is 11.0. The normalized spacial score (nSPS) is 12.7. The van der Waals surface area contributed by atoms with Crippen LogP contribution < -0.4 is 9.46 Å². The van der Waals surface area contributed by atoms with Gasteiger partial charge in [-0.25, -0.2) is 12.8 Å². The average Bonchev–Trinajstić information content (AvgIpc) is 2.36. The first-order chi connectivity index (χ1) is 9.69. The minimum absolute atomic E-state index is 0.0312. The molecule has 0 bridgehead atoms. The molecule has 0 saturated heterocycles. The van der Waals surface area contributed by atoms with Crippen molar-refractivity contribution < 1.29 is 27.4 Å². The van der Waals surface area contributed by atoms with Crippen molar-refractivity contribution in [2.24, 2.45) is 0 Å². The van der Waals surface area contributed by atoms with E-state index in [1.807, 2.05) is 4.72 Å². The number of benzene rings is 1. The van der Waals surface area contributed by atoms with Gasteiger partial charge in [-0.1, -0.05) is 24.2 Å². The highest BCUT2D eigenvalue weighted by atomic mass is 35.5. The standard InChI is InChI=1S/C12H13ClFNO5S/c1-7(13)6-9(12(16)17)15-21(18,19)10-5-3-4-8(14)11(10)20-2/h3-5,9,15H,1,6H2,2H3,(H,16,17). The summed E-state index contributed by atoms with van der Waals surface area (Å²) in [5, 5.41) is 8.95. The molecule has 1 aromatic carbocycles. The quantitative estimate of drug-likeness (QED) is 0.790. The molecule has 0 aliphatic rings. The molecule has 6 nitrogen and oxygen atoms in total. The maximum absolute atomic E-state index is 13.5. The van der Waals surface area contributed by atoms with Crippen molar-refractivity contribution in [2.45, 2.75) is 17.4 Å². The molecule has 2 N–H and O–H groups in total. The maximum Gasteiger partial charge on any atom is 0.322 e. The molecule has 1 unspecified atom stereocenters. The summed E-state index contributed by atoms with van der Waals surface area (Å²) in [6.45, 7) is 3.31. The predicted molar refractivity (Wildman–Crippen MR) is 74.3 cm³/mol. The summed E-state index contributed by atoms with van der Waals surface area (Å²) < 4.78 is 44.5. The first kappa shape index (κ1) is 17.4. The minimum Gasteiger partial charge on any atom is -0.492 e. The number of para-hydroxylation sites is 1. The Morgan fingerprint density at radius 1 is 1.57 bits per heavy atom. The molecule has 1 atom stereocenters. The lowest BCUT2D eigenvalue weighted by molar-refractivity contribution is -0.138. The van der Waals surface area contributed by atoms with Gasteiger partial charge in [0.2, 0.25) is 10.0 Å². The number of carboxylic acids is 1. The van der Waals surface area contributed by atoms with E-state index in [4.69, 9.17) is 21.4 Å². The van der Waals surface area contributed by atoms with Crippen LogP contribution in [0.4, 0.5) is 4.39 Å². The van der Waals surface area contributed by atoms with Crippen LogP contribution in [-0.4, -0.2) is 32.6 Å². The minimum atomic E-state index is -4.31. The SMILES string of the molecule is C=C(Cl)CC(NS(=O)(=O)c1cccc(F)c1OC)C(=O)O. The van der Waals surface area contributed by atoms with Crippen LogP contribution in [-0.2, 0) is 14.8 Å². The highest BCUT2D eigenvalue weighted by Crippen LogP contribution is 2.27. The molecule has 0 saturated carbocycles. The fraction of sp³-hybridized carbons (Fsp3) is 0.250. The van der Waals surface area contributed by atoms with E-state index in [1.54, 1.807) is 0 Å². The number of ether oxygens (including phenoxy) is 1. The Morgan fingerprint density at radius 3 is 2.67 bits per heavy atom. The summed E-state index contributed by atoms with van der Waals surface area (Å²) in [6.07, 6.45) is -0.312. The van der Waals surface area contributed by atoms with Crippen molar-refractivity contribution in [3.8, 4) is 5.75 Å². The molecule has 0 amide bonds. The third kappa shape index (κ3) is 4.42. The largest absolute Gasteiger partial charge is 0.492 e. The summed E-state index contributed by atoms with van der Waals surface area (Å²) in [7, 11) is -3.21. The fourth-order valence-electron chi connectivity index (χ4n) is 1.55. The van der Waals surface area contributed by atoms with E-state index < -0.39 is 38.5 Å². The Kier molecular flexibility index (Phi) is 5.70. The Morgan fingerprint density at radius 2 is 2.19 bits per heavy atom. The highest BCUT2D eigenvalue weighted by molar-refractivity contribution is 7.89. The molecule has 0 aromatic heterocycles. The van der Waals surface area contributed by atoms with Crippen molar-refractivity contribution in [3.63, 3.8) is 0 Å². The number of hydrogen-bond acceptors (Lipinski definition) is 4. The molecular formula is C12H13ClFNO5S. The Labute approximate surface area is 126 Å².